The number of nitro groups is 1. The topological polar surface area (TPSA) is 118 Å². The van der Waals surface area contributed by atoms with Crippen molar-refractivity contribution in [2.75, 3.05) is 14.2 Å². The summed E-state index contributed by atoms with van der Waals surface area (Å²) in [5.74, 6) is 1.87. The van der Waals surface area contributed by atoms with Gasteiger partial charge in [0.1, 0.15) is 12.4 Å². The number of halogens is 1. The van der Waals surface area contributed by atoms with Gasteiger partial charge in [0.15, 0.2) is 17.3 Å². The summed E-state index contributed by atoms with van der Waals surface area (Å²) < 4.78 is 18.6. The minimum Gasteiger partial charge on any atom is -0.496 e. The summed E-state index contributed by atoms with van der Waals surface area (Å²) in [4.78, 5) is 29.6. The van der Waals surface area contributed by atoms with Crippen LogP contribution in [-0.4, -0.2) is 35.0 Å². The fourth-order valence-corrected chi connectivity index (χ4v) is 5.21. The van der Waals surface area contributed by atoms with Crippen LogP contribution in [0, 0.1) is 17.0 Å². The molecule has 4 aromatic carbocycles. The van der Waals surface area contributed by atoms with Gasteiger partial charge in [-0.15, -0.1) is 0 Å². The van der Waals surface area contributed by atoms with Crippen molar-refractivity contribution < 1.29 is 19.1 Å². The normalized spacial score (nSPS) is 11.4. The molecule has 5 aromatic rings. The second-order valence-corrected chi connectivity index (χ2v) is 11.1. The number of aryl methyl sites for hydroxylation is 1. The monoisotopic (exact) mass is 626 g/mol. The van der Waals surface area contributed by atoms with E-state index in [-0.39, 0.29) is 23.8 Å². The van der Waals surface area contributed by atoms with Crippen LogP contribution < -0.4 is 19.8 Å². The Kier molecular flexibility index (Phi) is 9.15. The fourth-order valence-electron chi connectivity index (χ4n) is 5.00. The van der Waals surface area contributed by atoms with Gasteiger partial charge >= 0.3 is 0 Å². The molecule has 0 saturated carbocycles. The number of non-ortho nitro benzene ring substituents is 1. The van der Waals surface area contributed by atoms with E-state index in [2.05, 4.69) is 18.9 Å². The van der Waals surface area contributed by atoms with Crippen LogP contribution in [0.25, 0.3) is 22.3 Å². The van der Waals surface area contributed by atoms with Crippen LogP contribution in [0.2, 0.25) is 5.02 Å². The lowest BCUT2D eigenvalue weighted by Crippen LogP contribution is -2.21. The Morgan fingerprint density at radius 3 is 2.49 bits per heavy atom. The highest BCUT2D eigenvalue weighted by Gasteiger charge is 2.19. The van der Waals surface area contributed by atoms with Crippen LogP contribution in [0.15, 0.2) is 82.7 Å². The van der Waals surface area contributed by atoms with Crippen LogP contribution in [0.3, 0.4) is 0 Å². The Labute approximate surface area is 264 Å². The van der Waals surface area contributed by atoms with Gasteiger partial charge in [0.25, 0.3) is 11.2 Å². The Balaban J connectivity index is 1.66. The van der Waals surface area contributed by atoms with E-state index in [9.17, 15) is 14.9 Å². The largest absolute Gasteiger partial charge is 0.496 e. The van der Waals surface area contributed by atoms with Gasteiger partial charge in [0.2, 0.25) is 0 Å². The summed E-state index contributed by atoms with van der Waals surface area (Å²) in [7, 11) is 3.11. The van der Waals surface area contributed by atoms with E-state index in [0.29, 0.717) is 44.4 Å². The first kappa shape index (κ1) is 31.2. The maximum Gasteiger partial charge on any atom is 0.282 e. The Bertz CT molecular complexity index is 2000. The number of para-hydroxylation sites is 1. The van der Waals surface area contributed by atoms with Crippen molar-refractivity contribution in [3.05, 3.63) is 121 Å². The van der Waals surface area contributed by atoms with Gasteiger partial charge < -0.3 is 14.2 Å². The number of hydrogen-bond acceptors (Lipinski definition) is 8. The van der Waals surface area contributed by atoms with E-state index in [4.69, 9.17) is 30.8 Å². The predicted molar refractivity (Wildman–Crippen MR) is 175 cm³/mol. The molecule has 0 saturated heterocycles. The molecule has 0 unspecified atom stereocenters. The number of benzene rings is 4. The van der Waals surface area contributed by atoms with Gasteiger partial charge in [-0.2, -0.15) is 9.78 Å². The van der Waals surface area contributed by atoms with E-state index < -0.39 is 4.92 Å². The molecule has 0 spiro atoms. The molecule has 230 valence electrons. The summed E-state index contributed by atoms with van der Waals surface area (Å²) in [5.41, 5.74) is 3.68. The molecule has 1 aromatic heterocycles. The number of ether oxygens (including phenoxy) is 3. The second kappa shape index (κ2) is 13.2. The molecule has 0 N–H and O–H groups in total. The van der Waals surface area contributed by atoms with Gasteiger partial charge in [-0.05, 0) is 59.9 Å². The fraction of sp³-hybridized carbons (Fsp3) is 0.206. The lowest BCUT2D eigenvalue weighted by atomic mass is 9.96. The molecule has 1 heterocycles. The molecule has 0 bridgehead atoms. The number of rotatable bonds is 10. The van der Waals surface area contributed by atoms with Crippen molar-refractivity contribution in [1.29, 1.82) is 0 Å². The summed E-state index contributed by atoms with van der Waals surface area (Å²) in [6.45, 7) is 6.07. The van der Waals surface area contributed by atoms with E-state index >= 15 is 0 Å². The Morgan fingerprint density at radius 1 is 1.02 bits per heavy atom. The first-order chi connectivity index (χ1) is 21.6. The lowest BCUT2D eigenvalue weighted by molar-refractivity contribution is -0.384. The Morgan fingerprint density at radius 2 is 1.78 bits per heavy atom. The van der Waals surface area contributed by atoms with Crippen molar-refractivity contribution in [1.82, 2.24) is 9.66 Å². The van der Waals surface area contributed by atoms with Crippen molar-refractivity contribution >= 4 is 34.4 Å². The van der Waals surface area contributed by atoms with Crippen molar-refractivity contribution in [2.45, 2.75) is 33.3 Å². The maximum absolute atomic E-state index is 13.9. The summed E-state index contributed by atoms with van der Waals surface area (Å²) in [6, 6.07) is 20.4. The number of nitrogens with zero attached hydrogens (tertiary/aromatic N) is 4. The van der Waals surface area contributed by atoms with Gasteiger partial charge in [0.05, 0.1) is 36.3 Å². The first-order valence-electron chi connectivity index (χ1n) is 14.1. The minimum atomic E-state index is -0.466. The van der Waals surface area contributed by atoms with Gasteiger partial charge in [0, 0.05) is 34.3 Å². The third-order valence-corrected chi connectivity index (χ3v) is 7.50. The Hall–Kier alpha value is -5.22. The number of hydrogen-bond donors (Lipinski definition) is 0. The zero-order valence-electron chi connectivity index (χ0n) is 25.4. The summed E-state index contributed by atoms with van der Waals surface area (Å²) in [5, 5.41) is 16.6. The van der Waals surface area contributed by atoms with Crippen molar-refractivity contribution in [3.8, 4) is 28.6 Å². The molecule has 5 rings (SSSR count). The molecule has 11 heteroatoms. The molecular weight excluding hydrogens is 596 g/mol. The van der Waals surface area contributed by atoms with E-state index in [1.165, 1.54) is 30.1 Å². The van der Waals surface area contributed by atoms with Crippen LogP contribution in [0.1, 0.15) is 42.0 Å². The van der Waals surface area contributed by atoms with E-state index in [1.807, 2.05) is 25.1 Å². The molecule has 0 aliphatic carbocycles. The number of methoxy groups -OCH3 is 2. The molecular formula is C34H31ClN4O6. The quantitative estimate of drug-likeness (QED) is 0.0893. The molecule has 0 aliphatic rings. The van der Waals surface area contributed by atoms with E-state index in [0.717, 1.165) is 22.4 Å². The molecule has 0 aliphatic heterocycles. The molecule has 0 radical (unpaired) electrons. The van der Waals surface area contributed by atoms with Gasteiger partial charge in [-0.1, -0.05) is 49.7 Å². The molecule has 10 nitrogen and oxygen atoms in total. The van der Waals surface area contributed by atoms with Crippen LogP contribution in [-0.2, 0) is 6.61 Å². The number of nitro benzene ring substituents is 1. The average molecular weight is 627 g/mol. The van der Waals surface area contributed by atoms with Crippen LogP contribution in [0.4, 0.5) is 5.69 Å². The standard InChI is InChI=1S/C34H31ClN4O6/c1-20(2)27-17-28(21(3)13-30(27)43-4)33-37-29-12-7-6-11-26(29)34(40)38(33)36-18-23-15-24(35)16-31(44-5)32(23)45-19-22-9-8-10-25(14-22)39(41)42/h6-18,20H,19H2,1-5H3. The molecule has 0 atom stereocenters. The molecule has 0 fully saturated rings. The highest BCUT2D eigenvalue weighted by atomic mass is 35.5. The van der Waals surface area contributed by atoms with Gasteiger partial charge in [-0.25, -0.2) is 4.98 Å². The first-order valence-corrected chi connectivity index (χ1v) is 14.5. The third-order valence-electron chi connectivity index (χ3n) is 7.28. The zero-order valence-corrected chi connectivity index (χ0v) is 26.2. The smallest absolute Gasteiger partial charge is 0.282 e. The van der Waals surface area contributed by atoms with Crippen LogP contribution >= 0.6 is 11.6 Å². The van der Waals surface area contributed by atoms with Gasteiger partial charge in [-0.3, -0.25) is 14.9 Å². The summed E-state index contributed by atoms with van der Waals surface area (Å²) >= 11 is 6.42. The van der Waals surface area contributed by atoms with E-state index in [1.54, 1.807) is 49.6 Å². The highest BCUT2D eigenvalue weighted by molar-refractivity contribution is 6.31. The van der Waals surface area contributed by atoms with Crippen molar-refractivity contribution in [2.24, 2.45) is 5.10 Å². The molecule has 0 amide bonds. The SMILES string of the molecule is COc1cc(C)c(-c2nc3ccccc3c(=O)n2N=Cc2cc(Cl)cc(OC)c2OCc2cccc([N+](=O)[O-])c2)cc1C(C)C. The molecule has 45 heavy (non-hydrogen) atoms. The number of aromatic nitrogens is 2. The predicted octanol–water partition coefficient (Wildman–Crippen LogP) is 7.54. The third kappa shape index (κ3) is 6.51. The van der Waals surface area contributed by atoms with Crippen LogP contribution in [0.5, 0.6) is 17.2 Å². The average Bonchev–Trinajstić information content (AvgIpc) is 3.03. The summed E-state index contributed by atoms with van der Waals surface area (Å²) in [6.07, 6.45) is 1.46. The lowest BCUT2D eigenvalue weighted by Gasteiger charge is -2.17. The minimum absolute atomic E-state index is 0.00621. The zero-order chi connectivity index (χ0) is 32.2. The second-order valence-electron chi connectivity index (χ2n) is 10.6. The highest BCUT2D eigenvalue weighted by Crippen LogP contribution is 2.36. The van der Waals surface area contributed by atoms with Crippen molar-refractivity contribution in [3.63, 3.8) is 0 Å². The number of fused-ring (bicyclic) bond motifs is 1. The maximum atomic E-state index is 13.9.